The molecule has 1 aromatic carbocycles. The van der Waals surface area contributed by atoms with Crippen LogP contribution in [0.3, 0.4) is 0 Å². The lowest BCUT2D eigenvalue weighted by atomic mass is 10.1. The van der Waals surface area contributed by atoms with Gasteiger partial charge in [-0.15, -0.1) is 0 Å². The average molecular weight is 291 g/mol. The van der Waals surface area contributed by atoms with E-state index in [9.17, 15) is 22.0 Å². The van der Waals surface area contributed by atoms with E-state index in [0.29, 0.717) is 0 Å². The molecule has 0 atom stereocenters. The second kappa shape index (κ2) is 6.10. The number of carbonyl (C=O) groups excluding carboxylic acids is 1. The van der Waals surface area contributed by atoms with E-state index in [4.69, 9.17) is 0 Å². The molecule has 0 spiro atoms. The van der Waals surface area contributed by atoms with Crippen LogP contribution in [-0.2, 0) is 14.6 Å². The first-order chi connectivity index (χ1) is 8.75. The molecule has 0 saturated heterocycles. The SMILES string of the molecule is CC(C)CC(=O)Nc1ccccc1S(=O)(=O)C(F)F. The minimum atomic E-state index is -4.73. The van der Waals surface area contributed by atoms with Gasteiger partial charge in [-0.2, -0.15) is 8.78 Å². The predicted octanol–water partition coefficient (Wildman–Crippen LogP) is 2.67. The number of amides is 1. The van der Waals surface area contributed by atoms with Crippen LogP contribution < -0.4 is 5.32 Å². The number of nitrogens with one attached hydrogen (secondary N) is 1. The van der Waals surface area contributed by atoms with Crippen LogP contribution in [0.1, 0.15) is 20.3 Å². The van der Waals surface area contributed by atoms with Crippen LogP contribution in [-0.4, -0.2) is 20.1 Å². The summed E-state index contributed by atoms with van der Waals surface area (Å²) >= 11 is 0. The van der Waals surface area contributed by atoms with E-state index in [1.165, 1.54) is 18.2 Å². The number of rotatable bonds is 5. The van der Waals surface area contributed by atoms with Crippen molar-refractivity contribution in [3.05, 3.63) is 24.3 Å². The maximum absolute atomic E-state index is 12.5. The highest BCUT2D eigenvalue weighted by molar-refractivity contribution is 7.91. The Bertz CT molecular complexity index is 556. The molecule has 0 saturated carbocycles. The molecule has 0 radical (unpaired) electrons. The van der Waals surface area contributed by atoms with Crippen LogP contribution >= 0.6 is 0 Å². The molecule has 0 fully saturated rings. The fraction of sp³-hybridized carbons (Fsp3) is 0.417. The molecule has 0 aliphatic heterocycles. The van der Waals surface area contributed by atoms with Gasteiger partial charge in [0.25, 0.3) is 0 Å². The molecule has 1 aromatic rings. The third-order valence-electron chi connectivity index (χ3n) is 2.30. The van der Waals surface area contributed by atoms with Crippen LogP contribution in [0.2, 0.25) is 0 Å². The van der Waals surface area contributed by atoms with Gasteiger partial charge in [0.05, 0.1) is 10.6 Å². The van der Waals surface area contributed by atoms with Crippen molar-refractivity contribution in [1.29, 1.82) is 0 Å². The van der Waals surface area contributed by atoms with E-state index in [-0.39, 0.29) is 18.0 Å². The Labute approximate surface area is 110 Å². The largest absolute Gasteiger partial charge is 0.341 e. The zero-order chi connectivity index (χ0) is 14.6. The monoisotopic (exact) mass is 291 g/mol. The summed E-state index contributed by atoms with van der Waals surface area (Å²) in [5.41, 5.74) is -0.117. The summed E-state index contributed by atoms with van der Waals surface area (Å²) in [5.74, 6) is -3.85. The number of alkyl halides is 2. The molecular weight excluding hydrogens is 276 g/mol. The molecule has 0 unspecified atom stereocenters. The zero-order valence-corrected chi connectivity index (χ0v) is 11.4. The maximum Gasteiger partial charge on any atom is 0.341 e. The van der Waals surface area contributed by atoms with Gasteiger partial charge in [-0.3, -0.25) is 4.79 Å². The first-order valence-corrected chi connectivity index (χ1v) is 7.20. The van der Waals surface area contributed by atoms with Gasteiger partial charge in [0, 0.05) is 6.42 Å². The van der Waals surface area contributed by atoms with E-state index in [0.717, 1.165) is 6.07 Å². The number of carbonyl (C=O) groups is 1. The summed E-state index contributed by atoms with van der Waals surface area (Å²) in [7, 11) is -4.73. The van der Waals surface area contributed by atoms with E-state index in [1.54, 1.807) is 0 Å². The van der Waals surface area contributed by atoms with E-state index < -0.39 is 26.4 Å². The van der Waals surface area contributed by atoms with Crippen LogP contribution in [0.15, 0.2) is 29.2 Å². The number of para-hydroxylation sites is 1. The highest BCUT2D eigenvalue weighted by Gasteiger charge is 2.29. The fourth-order valence-corrected chi connectivity index (χ4v) is 2.37. The highest BCUT2D eigenvalue weighted by Crippen LogP contribution is 2.26. The third kappa shape index (κ3) is 3.99. The predicted molar refractivity (Wildman–Crippen MR) is 67.7 cm³/mol. The van der Waals surface area contributed by atoms with Crippen molar-refractivity contribution in [2.75, 3.05) is 5.32 Å². The molecule has 19 heavy (non-hydrogen) atoms. The Kier molecular flexibility index (Phi) is 4.99. The van der Waals surface area contributed by atoms with Crippen molar-refractivity contribution in [1.82, 2.24) is 0 Å². The molecule has 0 heterocycles. The molecule has 0 aliphatic carbocycles. The van der Waals surface area contributed by atoms with Crippen molar-refractivity contribution < 1.29 is 22.0 Å². The Morgan fingerprint density at radius 1 is 1.26 bits per heavy atom. The quantitative estimate of drug-likeness (QED) is 0.907. The summed E-state index contributed by atoms with van der Waals surface area (Å²) in [6.07, 6.45) is 0.184. The van der Waals surface area contributed by atoms with Gasteiger partial charge in [0.1, 0.15) is 0 Å². The molecule has 0 bridgehead atoms. The number of hydrogen-bond acceptors (Lipinski definition) is 3. The number of halogens is 2. The minimum Gasteiger partial charge on any atom is -0.325 e. The second-order valence-electron chi connectivity index (χ2n) is 4.45. The lowest BCUT2D eigenvalue weighted by Crippen LogP contribution is -2.18. The molecule has 7 heteroatoms. The van der Waals surface area contributed by atoms with Crippen LogP contribution in [0.5, 0.6) is 0 Å². The van der Waals surface area contributed by atoms with Crippen LogP contribution in [0.25, 0.3) is 0 Å². The molecule has 1 N–H and O–H groups in total. The first-order valence-electron chi connectivity index (χ1n) is 5.66. The first kappa shape index (κ1) is 15.6. The molecule has 0 aromatic heterocycles. The number of sulfone groups is 1. The summed E-state index contributed by atoms with van der Waals surface area (Å²) in [6.45, 7) is 3.64. The topological polar surface area (TPSA) is 63.2 Å². The lowest BCUT2D eigenvalue weighted by molar-refractivity contribution is -0.116. The molecule has 1 amide bonds. The van der Waals surface area contributed by atoms with Gasteiger partial charge >= 0.3 is 5.76 Å². The zero-order valence-electron chi connectivity index (χ0n) is 10.6. The van der Waals surface area contributed by atoms with E-state index >= 15 is 0 Å². The van der Waals surface area contributed by atoms with Crippen molar-refractivity contribution in [3.8, 4) is 0 Å². The number of benzene rings is 1. The van der Waals surface area contributed by atoms with Crippen LogP contribution in [0, 0.1) is 5.92 Å². The van der Waals surface area contributed by atoms with E-state index in [2.05, 4.69) is 5.32 Å². The van der Waals surface area contributed by atoms with Crippen molar-refractivity contribution in [2.45, 2.75) is 30.9 Å². The highest BCUT2D eigenvalue weighted by atomic mass is 32.2. The van der Waals surface area contributed by atoms with Crippen LogP contribution in [0.4, 0.5) is 14.5 Å². The van der Waals surface area contributed by atoms with Crippen molar-refractivity contribution >= 4 is 21.4 Å². The molecule has 0 aliphatic rings. The normalized spacial score (nSPS) is 11.9. The Morgan fingerprint density at radius 2 is 1.84 bits per heavy atom. The Balaban J connectivity index is 3.07. The molecule has 106 valence electrons. The van der Waals surface area contributed by atoms with Gasteiger partial charge in [-0.1, -0.05) is 26.0 Å². The fourth-order valence-electron chi connectivity index (χ4n) is 1.49. The summed E-state index contributed by atoms with van der Waals surface area (Å²) < 4.78 is 48.0. The smallest absolute Gasteiger partial charge is 0.325 e. The number of hydrogen-bond donors (Lipinski definition) is 1. The summed E-state index contributed by atoms with van der Waals surface area (Å²) in [5, 5.41) is 2.35. The lowest BCUT2D eigenvalue weighted by Gasteiger charge is -2.12. The third-order valence-corrected chi connectivity index (χ3v) is 3.73. The molecule has 4 nitrogen and oxygen atoms in total. The maximum atomic E-state index is 12.5. The van der Waals surface area contributed by atoms with Crippen molar-refractivity contribution in [3.63, 3.8) is 0 Å². The Hall–Kier alpha value is -1.50. The minimum absolute atomic E-state index is 0.0823. The van der Waals surface area contributed by atoms with Crippen molar-refractivity contribution in [2.24, 2.45) is 5.92 Å². The number of anilines is 1. The summed E-state index contributed by atoms with van der Waals surface area (Å²) in [6, 6.07) is 5.13. The van der Waals surface area contributed by atoms with Gasteiger partial charge in [-0.05, 0) is 18.1 Å². The van der Waals surface area contributed by atoms with Gasteiger partial charge < -0.3 is 5.32 Å². The average Bonchev–Trinajstić information content (AvgIpc) is 2.27. The molecule has 1 rings (SSSR count). The summed E-state index contributed by atoms with van der Waals surface area (Å²) in [4.78, 5) is 11.0. The van der Waals surface area contributed by atoms with Gasteiger partial charge in [0.15, 0.2) is 0 Å². The second-order valence-corrected chi connectivity index (χ2v) is 6.33. The Morgan fingerprint density at radius 3 is 2.37 bits per heavy atom. The standard InChI is InChI=1S/C12H15F2NO3S/c1-8(2)7-11(16)15-9-5-3-4-6-10(9)19(17,18)12(13)14/h3-6,8,12H,7H2,1-2H3,(H,15,16). The van der Waals surface area contributed by atoms with Gasteiger partial charge in [-0.25, -0.2) is 8.42 Å². The molecular formula is C12H15F2NO3S. The van der Waals surface area contributed by atoms with Gasteiger partial charge in [0.2, 0.25) is 15.7 Å². The van der Waals surface area contributed by atoms with E-state index in [1.807, 2.05) is 13.8 Å².